The van der Waals surface area contributed by atoms with E-state index in [2.05, 4.69) is 170 Å². The Kier molecular flexibility index (Phi) is 7.21. The molecule has 206 valence electrons. The maximum Gasteiger partial charge on any atom is 0.146 e. The zero-order valence-corrected chi connectivity index (χ0v) is 24.9. The van der Waals surface area contributed by atoms with Gasteiger partial charge in [0.15, 0.2) is 0 Å². The Bertz CT molecular complexity index is 1890. The first-order valence-electron chi connectivity index (χ1n) is 14.6. The van der Waals surface area contributed by atoms with Crippen molar-refractivity contribution in [3.8, 4) is 0 Å². The van der Waals surface area contributed by atoms with Gasteiger partial charge < -0.3 is 5.11 Å². The maximum atomic E-state index is 8.25. The summed E-state index contributed by atoms with van der Waals surface area (Å²) < 4.78 is 0. The van der Waals surface area contributed by atoms with E-state index >= 15 is 0 Å². The Morgan fingerprint density at radius 2 is 0.488 bits per heavy atom. The van der Waals surface area contributed by atoms with Crippen LogP contribution >= 0.6 is 7.26 Å². The van der Waals surface area contributed by atoms with Crippen LogP contribution in [0.15, 0.2) is 170 Å². The maximum absolute atomic E-state index is 8.25. The molecule has 0 aliphatic heterocycles. The van der Waals surface area contributed by atoms with Crippen LogP contribution in [0.3, 0.4) is 0 Å². The van der Waals surface area contributed by atoms with Gasteiger partial charge in [0.05, 0.1) is 0 Å². The van der Waals surface area contributed by atoms with Crippen molar-refractivity contribution in [1.82, 2.24) is 0 Å². The molecule has 0 aliphatic carbocycles. The Hall–Kier alpha value is -4.81. The van der Waals surface area contributed by atoms with Crippen LogP contribution in [0, 0.1) is 0 Å². The molecule has 0 radical (unpaired) electrons. The highest BCUT2D eigenvalue weighted by Crippen LogP contribution is 2.59. The molecule has 0 bridgehead atoms. The van der Waals surface area contributed by atoms with Crippen LogP contribution in [0.4, 0.5) is 0 Å². The number of hydrogen-bond acceptors (Lipinski definition) is 1. The van der Waals surface area contributed by atoms with E-state index in [9.17, 15) is 0 Å². The van der Waals surface area contributed by atoms with Crippen LogP contribution in [0.1, 0.15) is 0 Å². The summed E-state index contributed by atoms with van der Waals surface area (Å²) in [5.74, 6) is 0. The van der Waals surface area contributed by atoms with E-state index in [1.807, 2.05) is 0 Å². The van der Waals surface area contributed by atoms with Gasteiger partial charge in [-0.1, -0.05) is 146 Å². The predicted octanol–water partition coefficient (Wildman–Crippen LogP) is 7.90. The third-order valence-corrected chi connectivity index (χ3v) is 13.0. The van der Waals surface area contributed by atoms with E-state index in [1.54, 1.807) is 0 Å². The largest absolute Gasteiger partial charge is 0.857 e. The van der Waals surface area contributed by atoms with Crippen molar-refractivity contribution >= 4 is 71.6 Å². The summed E-state index contributed by atoms with van der Waals surface area (Å²) in [6, 6.07) is 63.3. The summed E-state index contributed by atoms with van der Waals surface area (Å²) in [5, 5.41) is 24.2. The van der Waals surface area contributed by atoms with Gasteiger partial charge in [0.1, 0.15) is 28.5 Å². The lowest BCUT2D eigenvalue weighted by Crippen LogP contribution is -2.40. The van der Waals surface area contributed by atoms with Gasteiger partial charge in [-0.25, -0.2) is 0 Å². The smallest absolute Gasteiger partial charge is 0.146 e. The number of rotatable bonds is 4. The monoisotopic (exact) mass is 570 g/mol. The SMILES string of the molecule is C[O-].c1ccc2c([P+](c3cccc4ccccc34)(c3cccc4ccccc34)c3cccc4ccccc34)cccc2c1. The third kappa shape index (κ3) is 4.33. The molecule has 0 heterocycles. The number of benzene rings is 8. The van der Waals surface area contributed by atoms with Crippen LogP contribution in [-0.4, -0.2) is 7.11 Å². The first-order chi connectivity index (χ1) is 21.4. The van der Waals surface area contributed by atoms with Crippen molar-refractivity contribution in [3.05, 3.63) is 170 Å². The molecule has 8 rings (SSSR count). The van der Waals surface area contributed by atoms with Crippen molar-refractivity contribution in [2.45, 2.75) is 0 Å². The van der Waals surface area contributed by atoms with Gasteiger partial charge in [0.2, 0.25) is 0 Å². The number of fused-ring (bicyclic) bond motifs is 4. The van der Waals surface area contributed by atoms with E-state index in [0.717, 1.165) is 7.11 Å². The van der Waals surface area contributed by atoms with Gasteiger partial charge in [0.25, 0.3) is 0 Å². The molecule has 1 nitrogen and oxygen atoms in total. The van der Waals surface area contributed by atoms with E-state index in [1.165, 1.54) is 64.3 Å². The first kappa shape index (κ1) is 27.0. The second-order valence-electron chi connectivity index (χ2n) is 10.7. The highest BCUT2D eigenvalue weighted by molar-refractivity contribution is 8.02. The third-order valence-electron chi connectivity index (χ3n) is 8.51. The quantitative estimate of drug-likeness (QED) is 0.197. The van der Waals surface area contributed by atoms with Gasteiger partial charge in [-0.05, 0) is 45.8 Å². The topological polar surface area (TPSA) is 23.1 Å². The molecule has 0 atom stereocenters. The molecule has 0 unspecified atom stereocenters. The molecule has 0 amide bonds. The molecule has 8 aromatic carbocycles. The van der Waals surface area contributed by atoms with E-state index in [0.29, 0.717) is 0 Å². The van der Waals surface area contributed by atoms with Crippen LogP contribution < -0.4 is 26.3 Å². The van der Waals surface area contributed by atoms with Crippen molar-refractivity contribution < 1.29 is 5.11 Å². The van der Waals surface area contributed by atoms with Gasteiger partial charge in [-0.3, -0.25) is 0 Å². The standard InChI is InChI=1S/C40H28P.CH3O/c1-5-21-33-29(13-1)17-9-25-37(33)41(38-26-10-18-30-14-2-6-22-34(30)38,39-27-11-19-31-15-3-7-23-35(31)39)40-28-12-20-32-16-4-8-24-36(32)40;1-2/h1-28H;1H3/q+1;-1. The highest BCUT2D eigenvalue weighted by atomic mass is 31.2. The highest BCUT2D eigenvalue weighted by Gasteiger charge is 2.51. The van der Waals surface area contributed by atoms with Crippen LogP contribution in [-0.2, 0) is 0 Å². The zero-order valence-electron chi connectivity index (χ0n) is 24.0. The van der Waals surface area contributed by atoms with Gasteiger partial charge in [0, 0.05) is 21.5 Å². The Balaban J connectivity index is 0.00000147. The van der Waals surface area contributed by atoms with E-state index in [-0.39, 0.29) is 0 Å². The van der Waals surface area contributed by atoms with Crippen LogP contribution in [0.5, 0.6) is 0 Å². The molecule has 0 fully saturated rings. The van der Waals surface area contributed by atoms with Crippen molar-refractivity contribution in [1.29, 1.82) is 0 Å². The summed E-state index contributed by atoms with van der Waals surface area (Å²) in [5.41, 5.74) is 0. The molecular formula is C41H31OP. The summed E-state index contributed by atoms with van der Waals surface area (Å²) >= 11 is 0. The molecule has 8 aromatic rings. The lowest BCUT2D eigenvalue weighted by atomic mass is 10.1. The Morgan fingerprint density at radius 3 is 0.744 bits per heavy atom. The molecular weight excluding hydrogens is 539 g/mol. The average molecular weight is 571 g/mol. The predicted molar refractivity (Wildman–Crippen MR) is 187 cm³/mol. The Morgan fingerprint density at radius 1 is 0.279 bits per heavy atom. The van der Waals surface area contributed by atoms with E-state index in [4.69, 9.17) is 5.11 Å². The summed E-state index contributed by atoms with van der Waals surface area (Å²) in [6.07, 6.45) is 0. The fraction of sp³-hybridized carbons (Fsp3) is 0.0244. The minimum Gasteiger partial charge on any atom is -0.857 e. The molecule has 43 heavy (non-hydrogen) atoms. The average Bonchev–Trinajstić information content (AvgIpc) is 3.10. The molecule has 0 aromatic heterocycles. The van der Waals surface area contributed by atoms with Crippen molar-refractivity contribution in [3.63, 3.8) is 0 Å². The van der Waals surface area contributed by atoms with Gasteiger partial charge in [-0.2, -0.15) is 7.11 Å². The van der Waals surface area contributed by atoms with Crippen LogP contribution in [0.25, 0.3) is 43.1 Å². The zero-order chi connectivity index (χ0) is 29.2. The summed E-state index contributed by atoms with van der Waals surface area (Å²) in [6.45, 7) is 0. The second kappa shape index (κ2) is 11.5. The molecule has 0 saturated carbocycles. The lowest BCUT2D eigenvalue weighted by Gasteiger charge is -2.31. The molecule has 2 heteroatoms. The van der Waals surface area contributed by atoms with Crippen molar-refractivity contribution in [2.75, 3.05) is 7.11 Å². The fourth-order valence-corrected chi connectivity index (χ4v) is 11.8. The van der Waals surface area contributed by atoms with Crippen molar-refractivity contribution in [2.24, 2.45) is 0 Å². The fourth-order valence-electron chi connectivity index (χ4n) is 6.78. The second-order valence-corrected chi connectivity index (χ2v) is 13.9. The number of hydrogen-bond donors (Lipinski definition) is 0. The van der Waals surface area contributed by atoms with Crippen LogP contribution in [0.2, 0.25) is 0 Å². The van der Waals surface area contributed by atoms with E-state index < -0.39 is 7.26 Å². The molecule has 0 saturated heterocycles. The normalized spacial score (nSPS) is 11.5. The van der Waals surface area contributed by atoms with Gasteiger partial charge >= 0.3 is 0 Å². The molecule has 0 N–H and O–H groups in total. The van der Waals surface area contributed by atoms with Gasteiger partial charge in [-0.15, -0.1) is 0 Å². The first-order valence-corrected chi connectivity index (χ1v) is 16.4. The lowest BCUT2D eigenvalue weighted by molar-refractivity contribution is -0.325. The summed E-state index contributed by atoms with van der Waals surface area (Å²) in [7, 11) is -1.74. The molecule has 0 aliphatic rings. The minimum atomic E-state index is -2.49. The summed E-state index contributed by atoms with van der Waals surface area (Å²) in [4.78, 5) is 0. The molecule has 0 spiro atoms. The minimum absolute atomic E-state index is 0.750. The Labute approximate surface area is 253 Å².